The third kappa shape index (κ3) is 17.2. The van der Waals surface area contributed by atoms with E-state index in [1.807, 2.05) is 51.2 Å². The first-order valence-corrected chi connectivity index (χ1v) is 26.2. The number of hydrogen-bond acceptors (Lipinski definition) is 17. The Morgan fingerprint density at radius 3 is 2.29 bits per heavy atom. The molecule has 2 saturated heterocycles. The molecular weight excluding hydrogens is 947 g/mol. The molecule has 1 amide bonds. The van der Waals surface area contributed by atoms with Crippen molar-refractivity contribution in [2.75, 3.05) is 41.1 Å². The highest BCUT2D eigenvalue weighted by atomic mass is 16.7. The van der Waals surface area contributed by atoms with Crippen molar-refractivity contribution >= 4 is 35.4 Å². The van der Waals surface area contributed by atoms with Crippen molar-refractivity contribution in [1.29, 1.82) is 0 Å². The first kappa shape index (κ1) is 61.4. The number of carbonyl (C=O) groups is 6. The molecule has 3 heterocycles. The molecule has 412 valence electrons. The minimum atomic E-state index is -2.47. The molecule has 0 aromatic carbocycles. The zero-order valence-electron chi connectivity index (χ0n) is 44.8. The van der Waals surface area contributed by atoms with Gasteiger partial charge >= 0.3 is 12.1 Å². The highest BCUT2D eigenvalue weighted by Crippen LogP contribution is 2.38. The number of ketones is 3. The quantitative estimate of drug-likeness (QED) is 0.151. The Bertz CT molecular complexity index is 1980. The van der Waals surface area contributed by atoms with E-state index in [-0.39, 0.29) is 54.8 Å². The van der Waals surface area contributed by atoms with Gasteiger partial charge in [-0.15, -0.1) is 0 Å². The van der Waals surface area contributed by atoms with Gasteiger partial charge in [-0.05, 0) is 107 Å². The average Bonchev–Trinajstić information content (AvgIpc) is 3.37. The zero-order valence-corrected chi connectivity index (χ0v) is 44.8. The number of rotatable bonds is 10. The summed E-state index contributed by atoms with van der Waals surface area (Å²) in [5, 5.41) is 42.2. The molecule has 0 spiro atoms. The summed E-state index contributed by atoms with van der Waals surface area (Å²) in [4.78, 5) is 84.7. The fourth-order valence-corrected chi connectivity index (χ4v) is 10.6. The highest BCUT2D eigenvalue weighted by Gasteiger charge is 2.53. The van der Waals surface area contributed by atoms with E-state index in [1.165, 1.54) is 14.2 Å². The predicted molar refractivity (Wildman–Crippen MR) is 268 cm³/mol. The van der Waals surface area contributed by atoms with Gasteiger partial charge in [-0.25, -0.2) is 9.59 Å². The third-order valence-corrected chi connectivity index (χ3v) is 15.3. The lowest BCUT2D eigenvalue weighted by Gasteiger charge is -2.42. The molecule has 4 rings (SSSR count). The molecule has 0 aromatic heterocycles. The number of amides is 1. The number of cyclic esters (lactones) is 1. The van der Waals surface area contributed by atoms with Crippen LogP contribution in [0.15, 0.2) is 47.6 Å². The molecule has 0 aromatic rings. The van der Waals surface area contributed by atoms with Crippen LogP contribution in [-0.2, 0) is 57.1 Å². The molecule has 1 unspecified atom stereocenters. The standard InChI is InChI=1S/C55H85NO17/c1-32-16-12-11-13-17-33(2)45(67-8)28-41-21-19-38(7)55(66,73-41)51(62)52(63)56-23-15-14-18-42(56)53(64)71-46(29-43(59)34(3)25-37(6)49(61)50(69-10)48(60)36(5)24-32)35(4)26-39-20-22-44(47(27-39)68-9)72-54(65)70-31-40(58)30-57/h11-13,16-17,25,32,35-42,44-47,49-50,57-58,61,66H,14-15,18-24,26-31H2,1-10H3/t32-,35-,36-,37?,38-,39+,40-,41+,42+,44-,45+,46+,47-,49-,50+,55-/m1/s1. The first-order chi connectivity index (χ1) is 34.6. The molecule has 16 atom stereocenters. The molecule has 18 heteroatoms. The van der Waals surface area contributed by atoms with Crippen molar-refractivity contribution < 1.29 is 82.4 Å². The SMILES string of the molecule is CO[C@H]1C[C@@H]2CC[C@@H](C)[C@@](O)(O2)C(=O)C(=O)N2CCCC[C@H]2C(=O)O[C@H]([C@H](C)C[C@@H]2CC[C@@H](OC(=O)OC[C@H](O)CO)[C@H](OC)C2)CC(=O)C(C)=CC(C)[C@@H](O)[C@@H](OC)C(=O)[C@H](C)C[C@H](C)C=CC=CC=C1C. The Balaban J connectivity index is 1.67. The number of fused-ring (bicyclic) bond motifs is 3. The summed E-state index contributed by atoms with van der Waals surface area (Å²) in [5.74, 6) is -8.62. The molecule has 73 heavy (non-hydrogen) atoms. The lowest BCUT2D eigenvalue weighted by molar-refractivity contribution is -0.265. The summed E-state index contributed by atoms with van der Waals surface area (Å²) < 4.78 is 40.1. The number of aliphatic hydroxyl groups excluding tert-OH is 3. The van der Waals surface area contributed by atoms with E-state index in [0.717, 1.165) is 10.5 Å². The molecule has 1 saturated carbocycles. The molecule has 4 aliphatic rings. The van der Waals surface area contributed by atoms with Gasteiger partial charge < -0.3 is 58.5 Å². The van der Waals surface area contributed by atoms with Gasteiger partial charge in [0, 0.05) is 58.5 Å². The van der Waals surface area contributed by atoms with Gasteiger partial charge in [-0.3, -0.25) is 19.2 Å². The molecule has 1 aliphatic carbocycles. The summed E-state index contributed by atoms with van der Waals surface area (Å²) in [5.41, 5.74) is 1.12. The summed E-state index contributed by atoms with van der Waals surface area (Å²) in [7, 11) is 4.42. The van der Waals surface area contributed by atoms with Gasteiger partial charge in [0.2, 0.25) is 5.79 Å². The van der Waals surface area contributed by atoms with E-state index in [4.69, 9.17) is 38.3 Å². The lowest BCUT2D eigenvalue weighted by Crippen LogP contribution is -2.61. The van der Waals surface area contributed by atoms with Crippen LogP contribution in [0.5, 0.6) is 0 Å². The van der Waals surface area contributed by atoms with Gasteiger partial charge in [-0.1, -0.05) is 71.1 Å². The summed E-state index contributed by atoms with van der Waals surface area (Å²) in [6, 6.07) is -1.21. The Hall–Kier alpha value is -4.14. The van der Waals surface area contributed by atoms with Crippen LogP contribution in [0, 0.1) is 35.5 Å². The van der Waals surface area contributed by atoms with Crippen molar-refractivity contribution in [3.8, 4) is 0 Å². The topological polar surface area (TPSA) is 251 Å². The van der Waals surface area contributed by atoms with Crippen molar-refractivity contribution in [2.45, 2.75) is 186 Å². The number of Topliss-reactive ketones (excluding diaryl/α,β-unsaturated/α-hetero) is 3. The van der Waals surface area contributed by atoms with Crippen LogP contribution in [0.25, 0.3) is 0 Å². The van der Waals surface area contributed by atoms with Gasteiger partial charge in [0.15, 0.2) is 11.6 Å². The molecule has 3 aliphatic heterocycles. The molecule has 3 fully saturated rings. The van der Waals surface area contributed by atoms with E-state index in [9.17, 15) is 44.1 Å². The Labute approximate surface area is 431 Å². The van der Waals surface area contributed by atoms with Gasteiger partial charge in [0.1, 0.15) is 37.1 Å². The zero-order chi connectivity index (χ0) is 54.2. The second kappa shape index (κ2) is 29.2. The van der Waals surface area contributed by atoms with Crippen LogP contribution < -0.4 is 0 Å². The fourth-order valence-electron chi connectivity index (χ4n) is 10.6. The number of nitrogens with zero attached hydrogens (tertiary/aromatic N) is 1. The van der Waals surface area contributed by atoms with E-state index >= 15 is 0 Å². The molecule has 0 radical (unpaired) electrons. The maximum absolute atomic E-state index is 14.5. The van der Waals surface area contributed by atoms with Crippen LogP contribution in [0.4, 0.5) is 4.79 Å². The van der Waals surface area contributed by atoms with Gasteiger partial charge in [0.25, 0.3) is 11.7 Å². The van der Waals surface area contributed by atoms with Crippen molar-refractivity contribution in [3.05, 3.63) is 47.6 Å². The first-order valence-electron chi connectivity index (χ1n) is 26.2. The summed E-state index contributed by atoms with van der Waals surface area (Å²) in [6.45, 7) is 11.5. The summed E-state index contributed by atoms with van der Waals surface area (Å²) >= 11 is 0. The second-order valence-corrected chi connectivity index (χ2v) is 21.1. The Kier molecular flexibility index (Phi) is 24.6. The van der Waals surface area contributed by atoms with Crippen LogP contribution in [0.3, 0.4) is 0 Å². The Morgan fingerprint density at radius 2 is 1.62 bits per heavy atom. The van der Waals surface area contributed by atoms with Crippen molar-refractivity contribution in [2.24, 2.45) is 35.5 Å². The number of hydrogen-bond donors (Lipinski definition) is 4. The fraction of sp³-hybridized carbons (Fsp3) is 0.745. The van der Waals surface area contributed by atoms with Crippen LogP contribution >= 0.6 is 0 Å². The molecular formula is C55H85NO17. The van der Waals surface area contributed by atoms with E-state index in [2.05, 4.69) is 0 Å². The highest BCUT2D eigenvalue weighted by molar-refractivity contribution is 6.39. The van der Waals surface area contributed by atoms with Crippen molar-refractivity contribution in [3.63, 3.8) is 0 Å². The number of methoxy groups -OCH3 is 3. The monoisotopic (exact) mass is 1030 g/mol. The number of piperidine rings is 1. The lowest BCUT2D eigenvalue weighted by atomic mass is 9.78. The van der Waals surface area contributed by atoms with Crippen LogP contribution in [0.1, 0.15) is 126 Å². The number of aliphatic hydroxyl groups is 4. The number of ether oxygens (including phenoxy) is 7. The average molecular weight is 1030 g/mol. The largest absolute Gasteiger partial charge is 0.508 e. The predicted octanol–water partition coefficient (Wildman–Crippen LogP) is 5.69. The summed E-state index contributed by atoms with van der Waals surface area (Å²) in [6.07, 6.45) is 7.43. The minimum absolute atomic E-state index is 0.00587. The smallest absolute Gasteiger partial charge is 0.460 e. The maximum atomic E-state index is 14.5. The Morgan fingerprint density at radius 1 is 0.890 bits per heavy atom. The van der Waals surface area contributed by atoms with E-state index in [0.29, 0.717) is 57.8 Å². The normalized spacial score (nSPS) is 35.3. The van der Waals surface area contributed by atoms with Crippen molar-refractivity contribution in [1.82, 2.24) is 4.90 Å². The minimum Gasteiger partial charge on any atom is -0.460 e. The number of carbonyl (C=O) groups excluding carboxylic acids is 6. The third-order valence-electron chi connectivity index (χ3n) is 15.3. The van der Waals surface area contributed by atoms with Crippen LogP contribution in [0.2, 0.25) is 0 Å². The second-order valence-electron chi connectivity index (χ2n) is 21.1. The number of esters is 1. The van der Waals surface area contributed by atoms with Crippen LogP contribution in [-0.4, -0.2) is 162 Å². The maximum Gasteiger partial charge on any atom is 0.508 e. The van der Waals surface area contributed by atoms with Gasteiger partial charge in [0.05, 0.1) is 31.0 Å². The van der Waals surface area contributed by atoms with E-state index < -0.39 is 121 Å². The van der Waals surface area contributed by atoms with E-state index in [1.54, 1.807) is 40.9 Å². The molecule has 2 bridgehead atoms. The molecule has 18 nitrogen and oxygen atoms in total. The number of allylic oxidation sites excluding steroid dienone is 6. The van der Waals surface area contributed by atoms with Gasteiger partial charge in [-0.2, -0.15) is 0 Å². The molecule has 4 N–H and O–H groups in total.